The van der Waals surface area contributed by atoms with Crippen LogP contribution in [-0.2, 0) is 16.1 Å². The Hall–Kier alpha value is -2.08. The van der Waals surface area contributed by atoms with Crippen LogP contribution in [0.2, 0.25) is 0 Å². The summed E-state index contributed by atoms with van der Waals surface area (Å²) in [5.41, 5.74) is 1.13. The number of carbonyl (C=O) groups is 2. The lowest BCUT2D eigenvalue weighted by Gasteiger charge is -2.35. The highest BCUT2D eigenvalue weighted by Gasteiger charge is 2.33. The molecule has 0 saturated carbocycles. The Morgan fingerprint density at radius 1 is 1.11 bits per heavy atom. The summed E-state index contributed by atoms with van der Waals surface area (Å²) in [6.07, 6.45) is 4.79. The quantitative estimate of drug-likeness (QED) is 0.830. The summed E-state index contributed by atoms with van der Waals surface area (Å²) in [7, 11) is 0. The first-order valence-corrected chi connectivity index (χ1v) is 10.2. The van der Waals surface area contributed by atoms with E-state index in [0.717, 1.165) is 43.8 Å². The molecule has 6 nitrogen and oxygen atoms in total. The van der Waals surface area contributed by atoms with Gasteiger partial charge in [0.2, 0.25) is 11.8 Å². The number of piperazine rings is 1. The van der Waals surface area contributed by atoms with Gasteiger partial charge in [-0.1, -0.05) is 25.0 Å². The molecule has 0 radical (unpaired) electrons. The first-order chi connectivity index (χ1) is 13.2. The van der Waals surface area contributed by atoms with Crippen molar-refractivity contribution in [2.45, 2.75) is 51.6 Å². The van der Waals surface area contributed by atoms with Crippen LogP contribution in [0.1, 0.15) is 44.6 Å². The van der Waals surface area contributed by atoms with Crippen LogP contribution in [0.4, 0.5) is 0 Å². The Balaban J connectivity index is 1.63. The van der Waals surface area contributed by atoms with Crippen molar-refractivity contribution in [3.8, 4) is 5.75 Å². The third-order valence-electron chi connectivity index (χ3n) is 5.39. The number of likely N-dealkylation sites (tertiary alicyclic amines) is 1. The highest BCUT2D eigenvalue weighted by Crippen LogP contribution is 2.19. The van der Waals surface area contributed by atoms with Crippen molar-refractivity contribution in [3.63, 3.8) is 0 Å². The molecule has 0 aromatic heterocycles. The van der Waals surface area contributed by atoms with Crippen molar-refractivity contribution in [1.29, 1.82) is 0 Å². The minimum absolute atomic E-state index is 0.0321. The molecular formula is C21H31N3O3. The number of hydrogen-bond acceptors (Lipinski definition) is 4. The number of rotatable bonds is 6. The molecule has 6 heteroatoms. The zero-order chi connectivity index (χ0) is 19.1. The van der Waals surface area contributed by atoms with Gasteiger partial charge in [-0.05, 0) is 37.5 Å². The summed E-state index contributed by atoms with van der Waals surface area (Å²) in [5, 5.41) is 2.92. The lowest BCUT2D eigenvalue weighted by molar-refractivity contribution is -0.139. The van der Waals surface area contributed by atoms with E-state index in [-0.39, 0.29) is 24.3 Å². The third kappa shape index (κ3) is 5.45. The number of nitrogens with zero attached hydrogens (tertiary/aromatic N) is 2. The molecule has 3 rings (SSSR count). The van der Waals surface area contributed by atoms with E-state index in [9.17, 15) is 9.59 Å². The number of amides is 2. The van der Waals surface area contributed by atoms with Crippen LogP contribution in [-0.4, -0.2) is 60.4 Å². The van der Waals surface area contributed by atoms with E-state index < -0.39 is 0 Å². The van der Waals surface area contributed by atoms with E-state index in [1.807, 2.05) is 36.1 Å². The summed E-state index contributed by atoms with van der Waals surface area (Å²) in [6.45, 7) is 6.32. The molecule has 2 amide bonds. The van der Waals surface area contributed by atoms with Gasteiger partial charge in [-0.2, -0.15) is 0 Å². The van der Waals surface area contributed by atoms with Crippen molar-refractivity contribution >= 4 is 11.8 Å². The highest BCUT2D eigenvalue weighted by atomic mass is 16.5. The second kappa shape index (κ2) is 9.74. The van der Waals surface area contributed by atoms with E-state index in [1.165, 1.54) is 12.8 Å². The lowest BCUT2D eigenvalue weighted by Crippen LogP contribution is -2.56. The fourth-order valence-corrected chi connectivity index (χ4v) is 3.88. The van der Waals surface area contributed by atoms with Crippen molar-refractivity contribution in [3.05, 3.63) is 29.8 Å². The predicted molar refractivity (Wildman–Crippen MR) is 104 cm³/mol. The van der Waals surface area contributed by atoms with Crippen LogP contribution in [0.3, 0.4) is 0 Å². The largest absolute Gasteiger partial charge is 0.494 e. The third-order valence-corrected chi connectivity index (χ3v) is 5.39. The van der Waals surface area contributed by atoms with E-state index >= 15 is 0 Å². The number of benzene rings is 1. The lowest BCUT2D eigenvalue weighted by atomic mass is 10.1. The number of ether oxygens (including phenoxy) is 1. The minimum atomic E-state index is -0.388. The molecule has 27 heavy (non-hydrogen) atoms. The van der Waals surface area contributed by atoms with Crippen LogP contribution in [0.15, 0.2) is 24.3 Å². The molecule has 2 heterocycles. The fourth-order valence-electron chi connectivity index (χ4n) is 3.88. The molecule has 1 aromatic rings. The minimum Gasteiger partial charge on any atom is -0.494 e. The Kier molecular flexibility index (Phi) is 7.10. The Bertz CT molecular complexity index is 624. The van der Waals surface area contributed by atoms with Gasteiger partial charge in [0, 0.05) is 32.7 Å². The van der Waals surface area contributed by atoms with Gasteiger partial charge in [-0.15, -0.1) is 0 Å². The van der Waals surface area contributed by atoms with Crippen molar-refractivity contribution in [1.82, 2.24) is 15.1 Å². The smallest absolute Gasteiger partial charge is 0.237 e. The molecule has 2 fully saturated rings. The van der Waals surface area contributed by atoms with Gasteiger partial charge in [-0.3, -0.25) is 14.5 Å². The van der Waals surface area contributed by atoms with Crippen LogP contribution in [0.25, 0.3) is 0 Å². The Morgan fingerprint density at radius 2 is 1.81 bits per heavy atom. The first-order valence-electron chi connectivity index (χ1n) is 10.2. The van der Waals surface area contributed by atoms with Gasteiger partial charge < -0.3 is 15.0 Å². The summed E-state index contributed by atoms with van der Waals surface area (Å²) in [4.78, 5) is 29.3. The molecule has 0 bridgehead atoms. The predicted octanol–water partition coefficient (Wildman–Crippen LogP) is 2.18. The van der Waals surface area contributed by atoms with Gasteiger partial charge in [0.15, 0.2) is 0 Å². The molecule has 0 unspecified atom stereocenters. The molecule has 0 spiro atoms. The summed E-state index contributed by atoms with van der Waals surface area (Å²) < 4.78 is 5.49. The van der Waals surface area contributed by atoms with E-state index in [2.05, 4.69) is 10.2 Å². The molecular weight excluding hydrogens is 342 g/mol. The topological polar surface area (TPSA) is 61.9 Å². The second-order valence-electron chi connectivity index (χ2n) is 7.35. The van der Waals surface area contributed by atoms with Gasteiger partial charge in [0.1, 0.15) is 5.75 Å². The fraction of sp³-hybridized carbons (Fsp3) is 0.619. The molecule has 2 saturated heterocycles. The zero-order valence-corrected chi connectivity index (χ0v) is 16.3. The Labute approximate surface area is 161 Å². The zero-order valence-electron chi connectivity index (χ0n) is 16.3. The van der Waals surface area contributed by atoms with Crippen LogP contribution >= 0.6 is 0 Å². The number of hydrogen-bond donors (Lipinski definition) is 1. The van der Waals surface area contributed by atoms with Gasteiger partial charge in [0.05, 0.1) is 19.1 Å². The van der Waals surface area contributed by atoms with Crippen molar-refractivity contribution in [2.24, 2.45) is 0 Å². The Morgan fingerprint density at radius 3 is 2.48 bits per heavy atom. The standard InChI is InChI=1S/C21H31N3O3/c1-2-27-18-9-7-17(8-10-18)16-24-14-11-22-21(26)19(24)15-20(25)23-12-5-3-4-6-13-23/h7-10,19H,2-6,11-16H2,1H3,(H,22,26)/t19-/m0/s1. The van der Waals surface area contributed by atoms with E-state index in [0.29, 0.717) is 19.7 Å². The monoisotopic (exact) mass is 373 g/mol. The summed E-state index contributed by atoms with van der Waals surface area (Å²) in [6, 6.07) is 7.60. The highest BCUT2D eigenvalue weighted by molar-refractivity contribution is 5.88. The molecule has 0 aliphatic carbocycles. The average Bonchev–Trinajstić information content (AvgIpc) is 2.96. The maximum Gasteiger partial charge on any atom is 0.237 e. The SMILES string of the molecule is CCOc1ccc(CN2CCNC(=O)[C@@H]2CC(=O)N2CCCCCC2)cc1. The molecule has 1 atom stereocenters. The van der Waals surface area contributed by atoms with E-state index in [4.69, 9.17) is 4.74 Å². The van der Waals surface area contributed by atoms with Gasteiger partial charge in [0.25, 0.3) is 0 Å². The average molecular weight is 373 g/mol. The van der Waals surface area contributed by atoms with Gasteiger partial charge in [-0.25, -0.2) is 0 Å². The summed E-state index contributed by atoms with van der Waals surface area (Å²) >= 11 is 0. The second-order valence-corrected chi connectivity index (χ2v) is 7.35. The first kappa shape index (κ1) is 19.7. The maximum absolute atomic E-state index is 12.8. The van der Waals surface area contributed by atoms with Crippen molar-refractivity contribution < 1.29 is 14.3 Å². The molecule has 2 aliphatic rings. The van der Waals surface area contributed by atoms with Crippen LogP contribution in [0.5, 0.6) is 5.75 Å². The molecule has 2 aliphatic heterocycles. The van der Waals surface area contributed by atoms with Crippen LogP contribution in [0, 0.1) is 0 Å². The van der Waals surface area contributed by atoms with Crippen LogP contribution < -0.4 is 10.1 Å². The molecule has 1 N–H and O–H groups in total. The molecule has 1 aromatic carbocycles. The van der Waals surface area contributed by atoms with Gasteiger partial charge >= 0.3 is 0 Å². The van der Waals surface area contributed by atoms with Crippen molar-refractivity contribution in [2.75, 3.05) is 32.8 Å². The molecule has 148 valence electrons. The normalized spacial score (nSPS) is 21.4. The van der Waals surface area contributed by atoms with E-state index in [1.54, 1.807) is 0 Å². The number of nitrogens with one attached hydrogen (secondary N) is 1. The number of carbonyl (C=O) groups excluding carboxylic acids is 2. The maximum atomic E-state index is 12.8. The summed E-state index contributed by atoms with van der Waals surface area (Å²) in [5.74, 6) is 0.927.